The molecule has 35 heavy (non-hydrogen) atoms. The summed E-state index contributed by atoms with van der Waals surface area (Å²) in [6, 6.07) is 13.4. The molecule has 0 bridgehead atoms. The molecule has 0 unspecified atom stereocenters. The molecule has 0 radical (unpaired) electrons. The second kappa shape index (κ2) is 8.21. The van der Waals surface area contributed by atoms with E-state index in [2.05, 4.69) is 20.5 Å². The Kier molecular flexibility index (Phi) is 5.00. The fraction of sp³-hybridized carbons (Fsp3) is 0.231. The van der Waals surface area contributed by atoms with E-state index < -0.39 is 5.60 Å². The molecule has 6 rings (SSSR count). The van der Waals surface area contributed by atoms with Crippen molar-refractivity contribution in [1.82, 2.24) is 29.5 Å². The second-order valence-electron chi connectivity index (χ2n) is 9.30. The number of hydrogen-bond acceptors (Lipinski definition) is 6. The number of carbonyl (C=O) groups is 1. The highest BCUT2D eigenvalue weighted by molar-refractivity contribution is 5.94. The number of fused-ring (bicyclic) bond motifs is 2. The summed E-state index contributed by atoms with van der Waals surface area (Å²) in [5, 5.41) is 21.6. The highest BCUT2D eigenvalue weighted by Gasteiger charge is 2.29. The van der Waals surface area contributed by atoms with E-state index in [1.54, 1.807) is 17.3 Å². The number of nitrogens with one attached hydrogen (secondary N) is 2. The van der Waals surface area contributed by atoms with Crippen molar-refractivity contribution >= 4 is 34.0 Å². The minimum absolute atomic E-state index is 0.0166. The zero-order valence-corrected chi connectivity index (χ0v) is 19.3. The third-order valence-corrected chi connectivity index (χ3v) is 6.63. The van der Waals surface area contributed by atoms with Crippen LogP contribution in [0.1, 0.15) is 30.1 Å². The van der Waals surface area contributed by atoms with Crippen LogP contribution in [0.25, 0.3) is 27.8 Å². The summed E-state index contributed by atoms with van der Waals surface area (Å²) in [7, 11) is 0. The van der Waals surface area contributed by atoms with Gasteiger partial charge in [0.2, 0.25) is 0 Å². The normalized spacial score (nSPS) is 15.5. The number of aliphatic hydroxyl groups is 1. The van der Waals surface area contributed by atoms with E-state index in [1.807, 2.05) is 66.2 Å². The van der Waals surface area contributed by atoms with Crippen LogP contribution in [0.5, 0.6) is 0 Å². The first-order valence-electron chi connectivity index (χ1n) is 11.6. The maximum atomic E-state index is 12.9. The largest absolute Gasteiger partial charge is 0.390 e. The van der Waals surface area contributed by atoms with Crippen molar-refractivity contribution < 1.29 is 9.90 Å². The number of anilines is 2. The molecule has 3 N–H and O–H groups in total. The van der Waals surface area contributed by atoms with Crippen molar-refractivity contribution in [2.75, 3.05) is 18.4 Å². The van der Waals surface area contributed by atoms with Gasteiger partial charge in [0.1, 0.15) is 0 Å². The molecule has 1 amide bonds. The van der Waals surface area contributed by atoms with Gasteiger partial charge >= 0.3 is 0 Å². The molecule has 2 aromatic carbocycles. The van der Waals surface area contributed by atoms with E-state index in [1.165, 1.54) is 0 Å². The monoisotopic (exact) mass is 467 g/mol. The van der Waals surface area contributed by atoms with Crippen molar-refractivity contribution in [3.63, 3.8) is 0 Å². The summed E-state index contributed by atoms with van der Waals surface area (Å²) in [6.45, 7) is 2.94. The number of benzene rings is 2. The zero-order chi connectivity index (χ0) is 24.0. The van der Waals surface area contributed by atoms with Gasteiger partial charge in [0.05, 0.1) is 23.0 Å². The SMILES string of the molecule is CC1(O)CCN(C(=O)c2ccc(Nc3nc(-c4ccc5cn[nH]c5c4)cn4ccnc34)cc2)CC1. The molecule has 1 aliphatic heterocycles. The first-order valence-corrected chi connectivity index (χ1v) is 11.6. The average molecular weight is 468 g/mol. The lowest BCUT2D eigenvalue weighted by atomic mass is 9.93. The number of H-pyrrole nitrogens is 1. The van der Waals surface area contributed by atoms with Gasteiger partial charge in [-0.05, 0) is 50.1 Å². The third kappa shape index (κ3) is 4.10. The average Bonchev–Trinajstić information content (AvgIpc) is 3.53. The predicted molar refractivity (Wildman–Crippen MR) is 134 cm³/mol. The minimum atomic E-state index is -0.686. The van der Waals surface area contributed by atoms with E-state index in [0.717, 1.165) is 27.8 Å². The summed E-state index contributed by atoms with van der Waals surface area (Å²) in [4.78, 5) is 24.0. The Balaban J connectivity index is 1.26. The maximum Gasteiger partial charge on any atom is 0.253 e. The number of imidazole rings is 1. The van der Waals surface area contributed by atoms with Crippen LogP contribution in [0.4, 0.5) is 11.5 Å². The highest BCUT2D eigenvalue weighted by Crippen LogP contribution is 2.27. The van der Waals surface area contributed by atoms with E-state index in [4.69, 9.17) is 4.98 Å². The van der Waals surface area contributed by atoms with Crippen molar-refractivity contribution in [2.24, 2.45) is 0 Å². The molecule has 1 fully saturated rings. The van der Waals surface area contributed by atoms with Crippen LogP contribution in [0.3, 0.4) is 0 Å². The Hall–Kier alpha value is -4.24. The second-order valence-corrected chi connectivity index (χ2v) is 9.30. The number of nitrogens with zero attached hydrogens (tertiary/aromatic N) is 5. The lowest BCUT2D eigenvalue weighted by Gasteiger charge is -2.35. The summed E-state index contributed by atoms with van der Waals surface area (Å²) >= 11 is 0. The Bertz CT molecular complexity index is 1520. The van der Waals surface area contributed by atoms with Crippen LogP contribution < -0.4 is 5.32 Å². The minimum Gasteiger partial charge on any atom is -0.390 e. The molecular weight excluding hydrogens is 442 g/mol. The van der Waals surface area contributed by atoms with Crippen LogP contribution in [0, 0.1) is 0 Å². The van der Waals surface area contributed by atoms with Gasteiger partial charge in [-0.15, -0.1) is 0 Å². The maximum absolute atomic E-state index is 12.9. The van der Waals surface area contributed by atoms with Crippen molar-refractivity contribution in [3.8, 4) is 11.3 Å². The Labute approximate surface area is 201 Å². The first-order chi connectivity index (χ1) is 16.9. The summed E-state index contributed by atoms with van der Waals surface area (Å²) in [6.07, 6.45) is 8.55. The van der Waals surface area contributed by atoms with Gasteiger partial charge in [-0.25, -0.2) is 9.97 Å². The topological polar surface area (TPSA) is 111 Å². The molecule has 1 aliphatic rings. The van der Waals surface area contributed by atoms with Crippen LogP contribution in [0.2, 0.25) is 0 Å². The molecule has 0 spiro atoms. The Morgan fingerprint density at radius 2 is 1.94 bits per heavy atom. The van der Waals surface area contributed by atoms with Crippen molar-refractivity contribution in [1.29, 1.82) is 0 Å². The number of aromatic nitrogens is 5. The Morgan fingerprint density at radius 1 is 1.14 bits per heavy atom. The number of aromatic amines is 1. The van der Waals surface area contributed by atoms with Crippen LogP contribution in [-0.4, -0.2) is 59.2 Å². The predicted octanol–water partition coefficient (Wildman–Crippen LogP) is 4.00. The van der Waals surface area contributed by atoms with Gasteiger partial charge in [0.15, 0.2) is 11.5 Å². The van der Waals surface area contributed by atoms with E-state index in [9.17, 15) is 9.90 Å². The van der Waals surface area contributed by atoms with Gasteiger partial charge in [-0.3, -0.25) is 9.89 Å². The quantitative estimate of drug-likeness (QED) is 0.368. The van der Waals surface area contributed by atoms with Gasteiger partial charge in [-0.2, -0.15) is 5.10 Å². The van der Waals surface area contributed by atoms with Crippen LogP contribution >= 0.6 is 0 Å². The fourth-order valence-corrected chi connectivity index (χ4v) is 4.46. The highest BCUT2D eigenvalue weighted by atomic mass is 16.3. The molecule has 4 heterocycles. The summed E-state index contributed by atoms with van der Waals surface area (Å²) < 4.78 is 1.94. The van der Waals surface area contributed by atoms with Crippen molar-refractivity contribution in [2.45, 2.75) is 25.4 Å². The van der Waals surface area contributed by atoms with Gasteiger partial charge in [-0.1, -0.05) is 12.1 Å². The number of carbonyl (C=O) groups excluding carboxylic acids is 1. The number of likely N-dealkylation sites (tertiary alicyclic amines) is 1. The lowest BCUT2D eigenvalue weighted by molar-refractivity contribution is -0.00202. The fourth-order valence-electron chi connectivity index (χ4n) is 4.46. The lowest BCUT2D eigenvalue weighted by Crippen LogP contribution is -2.45. The third-order valence-electron chi connectivity index (χ3n) is 6.63. The van der Waals surface area contributed by atoms with Crippen molar-refractivity contribution in [3.05, 3.63) is 72.8 Å². The smallest absolute Gasteiger partial charge is 0.253 e. The molecule has 0 aliphatic carbocycles. The number of amides is 1. The van der Waals surface area contributed by atoms with Crippen LogP contribution in [0.15, 0.2) is 67.3 Å². The first kappa shape index (κ1) is 21.3. The number of piperidine rings is 1. The Morgan fingerprint density at radius 3 is 2.74 bits per heavy atom. The molecule has 0 saturated carbocycles. The van der Waals surface area contributed by atoms with Gasteiger partial charge in [0.25, 0.3) is 5.91 Å². The standard InChI is InChI=1S/C26H25N7O2/c1-26(35)8-11-32(12-9-26)25(34)17-4-6-20(7-5-17)29-23-24-27-10-13-33(24)16-22(30-23)18-2-3-19-15-28-31-21(19)14-18/h2-7,10,13-16,35H,8-9,11-12H2,1H3,(H,28,31)(H,29,30). The zero-order valence-electron chi connectivity index (χ0n) is 19.3. The molecule has 9 heteroatoms. The van der Waals surface area contributed by atoms with E-state index in [0.29, 0.717) is 43.0 Å². The van der Waals surface area contributed by atoms with Gasteiger partial charge < -0.3 is 19.7 Å². The molecule has 176 valence electrons. The summed E-state index contributed by atoms with van der Waals surface area (Å²) in [5.41, 5.74) is 4.15. The summed E-state index contributed by atoms with van der Waals surface area (Å²) in [5.74, 6) is 0.603. The van der Waals surface area contributed by atoms with Gasteiger partial charge in [0, 0.05) is 53.9 Å². The van der Waals surface area contributed by atoms with Crippen LogP contribution in [-0.2, 0) is 0 Å². The van der Waals surface area contributed by atoms with E-state index >= 15 is 0 Å². The number of hydrogen-bond donors (Lipinski definition) is 3. The molecule has 3 aromatic heterocycles. The van der Waals surface area contributed by atoms with E-state index in [-0.39, 0.29) is 5.91 Å². The molecular formula is C26H25N7O2. The molecule has 5 aromatic rings. The molecule has 0 atom stereocenters. The molecule has 9 nitrogen and oxygen atoms in total. The number of rotatable bonds is 4. The molecule has 1 saturated heterocycles.